The number of amides is 1. The van der Waals surface area contributed by atoms with Crippen molar-refractivity contribution in [1.82, 2.24) is 9.88 Å². The third-order valence-corrected chi connectivity index (χ3v) is 4.21. The highest BCUT2D eigenvalue weighted by Gasteiger charge is 2.19. The van der Waals surface area contributed by atoms with Crippen LogP contribution in [0, 0.1) is 12.7 Å². The van der Waals surface area contributed by atoms with Gasteiger partial charge in [0.15, 0.2) is 0 Å². The summed E-state index contributed by atoms with van der Waals surface area (Å²) < 4.78 is 13.9. The Hall–Kier alpha value is -2.95. The first-order valence-electron chi connectivity index (χ1n) is 8.16. The first-order chi connectivity index (χ1) is 12.0. The van der Waals surface area contributed by atoms with Gasteiger partial charge in [-0.25, -0.2) is 4.39 Å². The second kappa shape index (κ2) is 6.89. The molecule has 0 aliphatic carbocycles. The van der Waals surface area contributed by atoms with Crippen LogP contribution in [0.15, 0.2) is 53.3 Å². The number of H-pyrrole nitrogens is 1. The summed E-state index contributed by atoms with van der Waals surface area (Å²) in [5, 5.41) is 0.906. The van der Waals surface area contributed by atoms with Crippen molar-refractivity contribution >= 4 is 16.8 Å². The van der Waals surface area contributed by atoms with Crippen molar-refractivity contribution < 1.29 is 9.18 Å². The predicted octanol–water partition coefficient (Wildman–Crippen LogP) is 3.64. The lowest BCUT2D eigenvalue weighted by Gasteiger charge is -2.21. The molecule has 0 bridgehead atoms. The zero-order valence-corrected chi connectivity index (χ0v) is 14.2. The molecule has 1 heterocycles. The molecule has 1 aromatic heterocycles. The molecule has 0 radical (unpaired) electrons. The summed E-state index contributed by atoms with van der Waals surface area (Å²) in [6.45, 7) is 4.28. The molecular weight excluding hydrogens is 319 g/mol. The van der Waals surface area contributed by atoms with Gasteiger partial charge >= 0.3 is 0 Å². The number of aromatic nitrogens is 1. The van der Waals surface area contributed by atoms with Crippen LogP contribution in [0.2, 0.25) is 0 Å². The van der Waals surface area contributed by atoms with Crippen molar-refractivity contribution in [2.24, 2.45) is 0 Å². The predicted molar refractivity (Wildman–Crippen MR) is 96.1 cm³/mol. The van der Waals surface area contributed by atoms with E-state index in [2.05, 4.69) is 4.98 Å². The van der Waals surface area contributed by atoms with E-state index in [1.807, 2.05) is 25.1 Å². The number of nitrogens with one attached hydrogen (secondary N) is 1. The van der Waals surface area contributed by atoms with Crippen LogP contribution in [-0.4, -0.2) is 22.3 Å². The Bertz CT molecular complexity index is 994. The van der Waals surface area contributed by atoms with Gasteiger partial charge in [0.1, 0.15) is 5.82 Å². The van der Waals surface area contributed by atoms with E-state index in [0.717, 1.165) is 16.5 Å². The Labute approximate surface area is 144 Å². The first kappa shape index (κ1) is 16.9. The highest BCUT2D eigenvalue weighted by Crippen LogP contribution is 2.16. The Kier molecular flexibility index (Phi) is 4.65. The molecule has 0 atom stereocenters. The molecule has 3 rings (SSSR count). The summed E-state index contributed by atoms with van der Waals surface area (Å²) in [6, 6.07) is 13.4. The van der Waals surface area contributed by atoms with Crippen LogP contribution in [0.4, 0.5) is 4.39 Å². The van der Waals surface area contributed by atoms with Crippen LogP contribution < -0.4 is 5.56 Å². The molecule has 4 nitrogen and oxygen atoms in total. The molecule has 25 heavy (non-hydrogen) atoms. The van der Waals surface area contributed by atoms with E-state index in [4.69, 9.17) is 0 Å². The lowest BCUT2D eigenvalue weighted by atomic mass is 10.1. The van der Waals surface area contributed by atoms with Gasteiger partial charge < -0.3 is 9.88 Å². The molecule has 0 aliphatic heterocycles. The van der Waals surface area contributed by atoms with Gasteiger partial charge in [-0.15, -0.1) is 0 Å². The molecule has 3 aromatic rings. The Morgan fingerprint density at radius 2 is 1.92 bits per heavy atom. The molecule has 0 saturated carbocycles. The molecule has 1 amide bonds. The second-order valence-corrected chi connectivity index (χ2v) is 6.01. The molecule has 0 saturated heterocycles. The fourth-order valence-corrected chi connectivity index (χ4v) is 2.83. The minimum atomic E-state index is -0.561. The number of fused-ring (bicyclic) bond motifs is 1. The average Bonchev–Trinajstić information content (AvgIpc) is 2.60. The van der Waals surface area contributed by atoms with Gasteiger partial charge in [-0.3, -0.25) is 9.59 Å². The normalized spacial score (nSPS) is 10.8. The van der Waals surface area contributed by atoms with Crippen molar-refractivity contribution in [1.29, 1.82) is 0 Å². The number of aryl methyl sites for hydroxylation is 1. The summed E-state index contributed by atoms with van der Waals surface area (Å²) in [5.41, 5.74) is 2.08. The highest BCUT2D eigenvalue weighted by molar-refractivity contribution is 5.94. The van der Waals surface area contributed by atoms with E-state index in [0.29, 0.717) is 12.1 Å². The quantitative estimate of drug-likeness (QED) is 0.790. The zero-order valence-electron chi connectivity index (χ0n) is 14.2. The maximum Gasteiger partial charge on any atom is 0.257 e. The monoisotopic (exact) mass is 338 g/mol. The van der Waals surface area contributed by atoms with Crippen molar-refractivity contribution in [3.63, 3.8) is 0 Å². The van der Waals surface area contributed by atoms with E-state index in [9.17, 15) is 14.0 Å². The number of halogens is 1. The van der Waals surface area contributed by atoms with E-state index in [-0.39, 0.29) is 17.7 Å². The largest absolute Gasteiger partial charge is 0.334 e. The molecule has 1 N–H and O–H groups in total. The van der Waals surface area contributed by atoms with Gasteiger partial charge in [0.25, 0.3) is 11.5 Å². The van der Waals surface area contributed by atoms with Gasteiger partial charge in [-0.1, -0.05) is 23.8 Å². The average molecular weight is 338 g/mol. The van der Waals surface area contributed by atoms with E-state index >= 15 is 0 Å². The SMILES string of the molecule is CCN(Cc1cc2cc(C)ccc2[nH]c1=O)C(=O)c1ccccc1F. The van der Waals surface area contributed by atoms with Crippen LogP contribution in [0.3, 0.4) is 0 Å². The fraction of sp³-hybridized carbons (Fsp3) is 0.200. The number of aromatic amines is 1. The lowest BCUT2D eigenvalue weighted by molar-refractivity contribution is 0.0747. The van der Waals surface area contributed by atoms with Gasteiger partial charge in [0.2, 0.25) is 0 Å². The molecular formula is C20H19FN2O2. The molecule has 5 heteroatoms. The third-order valence-electron chi connectivity index (χ3n) is 4.21. The highest BCUT2D eigenvalue weighted by atomic mass is 19.1. The number of benzene rings is 2. The van der Waals surface area contributed by atoms with Crippen LogP contribution in [0.25, 0.3) is 10.9 Å². The fourth-order valence-electron chi connectivity index (χ4n) is 2.83. The maximum absolute atomic E-state index is 13.9. The number of rotatable bonds is 4. The number of nitrogens with zero attached hydrogens (tertiary/aromatic N) is 1. The first-order valence-corrected chi connectivity index (χ1v) is 8.16. The Morgan fingerprint density at radius 3 is 2.64 bits per heavy atom. The topological polar surface area (TPSA) is 53.2 Å². The lowest BCUT2D eigenvalue weighted by Crippen LogP contribution is -2.33. The van der Waals surface area contributed by atoms with Crippen LogP contribution in [-0.2, 0) is 6.54 Å². The van der Waals surface area contributed by atoms with Gasteiger partial charge in [-0.2, -0.15) is 0 Å². The van der Waals surface area contributed by atoms with E-state index in [1.165, 1.54) is 17.0 Å². The Morgan fingerprint density at radius 1 is 1.16 bits per heavy atom. The third kappa shape index (κ3) is 3.45. The zero-order chi connectivity index (χ0) is 18.0. The summed E-state index contributed by atoms with van der Waals surface area (Å²) in [6.07, 6.45) is 0. The van der Waals surface area contributed by atoms with Crippen molar-refractivity contribution in [2.45, 2.75) is 20.4 Å². The molecule has 0 fully saturated rings. The van der Waals surface area contributed by atoms with Crippen molar-refractivity contribution in [2.75, 3.05) is 6.54 Å². The summed E-state index contributed by atoms with van der Waals surface area (Å²) in [7, 11) is 0. The minimum Gasteiger partial charge on any atom is -0.334 e. The standard InChI is InChI=1S/C20H19FN2O2/c1-3-23(20(25)16-6-4-5-7-17(16)21)12-15-11-14-10-13(2)8-9-18(14)22-19(15)24/h4-11H,3,12H2,1-2H3,(H,22,24). The van der Waals surface area contributed by atoms with Crippen molar-refractivity contribution in [3.8, 4) is 0 Å². The number of pyridine rings is 1. The van der Waals surface area contributed by atoms with E-state index in [1.54, 1.807) is 25.1 Å². The Balaban J connectivity index is 1.95. The number of carbonyl (C=O) groups is 1. The second-order valence-electron chi connectivity index (χ2n) is 6.01. The minimum absolute atomic E-state index is 0.0115. The summed E-state index contributed by atoms with van der Waals surface area (Å²) >= 11 is 0. The van der Waals surface area contributed by atoms with E-state index < -0.39 is 11.7 Å². The van der Waals surface area contributed by atoms with Gasteiger partial charge in [-0.05, 0) is 49.6 Å². The number of hydrogen-bond donors (Lipinski definition) is 1. The number of carbonyl (C=O) groups excluding carboxylic acids is 1. The molecule has 2 aromatic carbocycles. The van der Waals surface area contributed by atoms with Crippen LogP contribution in [0.1, 0.15) is 28.4 Å². The summed E-state index contributed by atoms with van der Waals surface area (Å²) in [5.74, 6) is -0.988. The molecule has 0 unspecified atom stereocenters. The van der Waals surface area contributed by atoms with Crippen LogP contribution >= 0.6 is 0 Å². The smallest absolute Gasteiger partial charge is 0.257 e. The van der Waals surface area contributed by atoms with Crippen LogP contribution in [0.5, 0.6) is 0 Å². The molecule has 128 valence electrons. The number of hydrogen-bond acceptors (Lipinski definition) is 2. The van der Waals surface area contributed by atoms with Gasteiger partial charge in [0.05, 0.1) is 12.1 Å². The van der Waals surface area contributed by atoms with Gasteiger partial charge in [0, 0.05) is 17.6 Å². The van der Waals surface area contributed by atoms with Crippen molar-refractivity contribution in [3.05, 3.63) is 81.4 Å². The molecule has 0 aliphatic rings. The maximum atomic E-state index is 13.9. The summed E-state index contributed by atoms with van der Waals surface area (Å²) in [4.78, 5) is 29.2. The molecule has 0 spiro atoms.